The molecule has 1 aromatic carbocycles. The first-order chi connectivity index (χ1) is 7.74. The maximum atomic E-state index is 10.5. The number of nitrogens with zero attached hydrogens (tertiary/aromatic N) is 1. The molecule has 1 aliphatic rings. The van der Waals surface area contributed by atoms with Crippen molar-refractivity contribution in [3.8, 4) is 0 Å². The van der Waals surface area contributed by atoms with E-state index in [9.17, 15) is 4.79 Å². The third-order valence-corrected chi connectivity index (χ3v) is 2.37. The molecule has 0 amide bonds. The predicted molar refractivity (Wildman–Crippen MR) is 59.6 cm³/mol. The molecular formula is C12H13NO3. The fourth-order valence-corrected chi connectivity index (χ4v) is 1.64. The van der Waals surface area contributed by atoms with Crippen LogP contribution in [0.4, 0.5) is 0 Å². The number of benzene rings is 1. The van der Waals surface area contributed by atoms with Crippen LogP contribution in [0.3, 0.4) is 0 Å². The highest BCUT2D eigenvalue weighted by atomic mass is 16.5. The smallest absolute Gasteiger partial charge is 0.307 e. The second-order valence-corrected chi connectivity index (χ2v) is 3.73. The van der Waals surface area contributed by atoms with E-state index in [1.54, 1.807) is 0 Å². The number of aliphatic imine (C=N–C) groups is 1. The Kier molecular flexibility index (Phi) is 3.19. The first-order valence-corrected chi connectivity index (χ1v) is 5.20. The molecule has 1 N–H and O–H groups in total. The zero-order valence-electron chi connectivity index (χ0n) is 8.80. The number of carboxylic acids is 1. The Morgan fingerprint density at radius 3 is 2.88 bits per heavy atom. The van der Waals surface area contributed by atoms with Crippen LogP contribution in [-0.4, -0.2) is 29.6 Å². The Balaban J connectivity index is 1.87. The van der Waals surface area contributed by atoms with Crippen LogP contribution in [0, 0.1) is 0 Å². The van der Waals surface area contributed by atoms with Gasteiger partial charge in [-0.1, -0.05) is 30.3 Å². The maximum Gasteiger partial charge on any atom is 0.307 e. The normalized spacial score (nSPS) is 19.0. The number of rotatable bonds is 4. The van der Waals surface area contributed by atoms with E-state index >= 15 is 0 Å². The number of aliphatic carboxylic acids is 1. The van der Waals surface area contributed by atoms with Crippen molar-refractivity contribution in [2.45, 2.75) is 18.9 Å². The van der Waals surface area contributed by atoms with Gasteiger partial charge in [0.15, 0.2) is 5.90 Å². The van der Waals surface area contributed by atoms with Crippen LogP contribution < -0.4 is 0 Å². The second-order valence-electron chi connectivity index (χ2n) is 3.73. The van der Waals surface area contributed by atoms with E-state index in [1.807, 2.05) is 30.3 Å². The van der Waals surface area contributed by atoms with Gasteiger partial charge in [-0.05, 0) is 5.56 Å². The van der Waals surface area contributed by atoms with Crippen LogP contribution in [0.2, 0.25) is 0 Å². The van der Waals surface area contributed by atoms with Gasteiger partial charge in [-0.2, -0.15) is 0 Å². The fourth-order valence-electron chi connectivity index (χ4n) is 1.64. The van der Waals surface area contributed by atoms with Gasteiger partial charge in [-0.3, -0.25) is 9.79 Å². The largest absolute Gasteiger partial charge is 0.481 e. The highest BCUT2D eigenvalue weighted by Gasteiger charge is 2.22. The van der Waals surface area contributed by atoms with Crippen molar-refractivity contribution in [3.05, 3.63) is 35.9 Å². The summed E-state index contributed by atoms with van der Waals surface area (Å²) in [6, 6.07) is 9.86. The van der Waals surface area contributed by atoms with Crippen molar-refractivity contribution in [1.29, 1.82) is 0 Å². The van der Waals surface area contributed by atoms with E-state index in [-0.39, 0.29) is 12.5 Å². The summed E-state index contributed by atoms with van der Waals surface area (Å²) in [5.41, 5.74) is 1.12. The van der Waals surface area contributed by atoms with E-state index < -0.39 is 5.97 Å². The molecule has 1 aromatic rings. The average Bonchev–Trinajstić information content (AvgIpc) is 2.66. The molecule has 4 nitrogen and oxygen atoms in total. The van der Waals surface area contributed by atoms with Crippen LogP contribution in [0.15, 0.2) is 35.3 Å². The molecule has 1 unspecified atom stereocenters. The van der Waals surface area contributed by atoms with Crippen molar-refractivity contribution in [2.75, 3.05) is 6.54 Å². The zero-order chi connectivity index (χ0) is 11.4. The van der Waals surface area contributed by atoms with Gasteiger partial charge in [-0.25, -0.2) is 0 Å². The monoisotopic (exact) mass is 219 g/mol. The van der Waals surface area contributed by atoms with Crippen LogP contribution in [-0.2, 0) is 16.0 Å². The molecule has 0 saturated heterocycles. The standard InChI is InChI=1S/C12H13NO3/c14-12(15)7-10-8-13-11(16-10)6-9-4-2-1-3-5-9/h1-5,10H,6-8H2,(H,14,15). The Bertz CT molecular complexity index is 400. The zero-order valence-corrected chi connectivity index (χ0v) is 8.80. The van der Waals surface area contributed by atoms with Gasteiger partial charge >= 0.3 is 5.97 Å². The molecule has 1 aliphatic heterocycles. The van der Waals surface area contributed by atoms with Crippen LogP contribution >= 0.6 is 0 Å². The van der Waals surface area contributed by atoms with Gasteiger partial charge < -0.3 is 9.84 Å². The minimum atomic E-state index is -0.846. The molecule has 16 heavy (non-hydrogen) atoms. The minimum Gasteiger partial charge on any atom is -0.481 e. The van der Waals surface area contributed by atoms with Crippen molar-refractivity contribution >= 4 is 11.9 Å². The van der Waals surface area contributed by atoms with Gasteiger partial charge in [-0.15, -0.1) is 0 Å². The molecule has 1 heterocycles. The fraction of sp³-hybridized carbons (Fsp3) is 0.333. The van der Waals surface area contributed by atoms with E-state index in [2.05, 4.69) is 4.99 Å². The average molecular weight is 219 g/mol. The quantitative estimate of drug-likeness (QED) is 0.834. The summed E-state index contributed by atoms with van der Waals surface area (Å²) >= 11 is 0. The third kappa shape index (κ3) is 2.82. The Hall–Kier alpha value is -1.84. The third-order valence-electron chi connectivity index (χ3n) is 2.37. The number of carbonyl (C=O) groups is 1. The van der Waals surface area contributed by atoms with Crippen molar-refractivity contribution in [1.82, 2.24) is 0 Å². The predicted octanol–water partition coefficient (Wildman–Crippen LogP) is 1.50. The molecule has 84 valence electrons. The summed E-state index contributed by atoms with van der Waals surface area (Å²) < 4.78 is 5.45. The summed E-state index contributed by atoms with van der Waals surface area (Å²) in [5, 5.41) is 8.62. The molecule has 0 aromatic heterocycles. The van der Waals surface area contributed by atoms with Crippen molar-refractivity contribution in [3.63, 3.8) is 0 Å². The lowest BCUT2D eigenvalue weighted by atomic mass is 10.1. The molecule has 0 fully saturated rings. The highest BCUT2D eigenvalue weighted by Crippen LogP contribution is 2.12. The van der Waals surface area contributed by atoms with E-state index in [4.69, 9.17) is 9.84 Å². The van der Waals surface area contributed by atoms with Crippen LogP contribution in [0.5, 0.6) is 0 Å². The van der Waals surface area contributed by atoms with Gasteiger partial charge in [0.05, 0.1) is 13.0 Å². The van der Waals surface area contributed by atoms with Crippen LogP contribution in [0.1, 0.15) is 12.0 Å². The molecule has 2 rings (SSSR count). The molecule has 0 aliphatic carbocycles. The van der Waals surface area contributed by atoms with Crippen molar-refractivity contribution < 1.29 is 14.6 Å². The van der Waals surface area contributed by atoms with E-state index in [0.29, 0.717) is 18.9 Å². The molecule has 4 heteroatoms. The Morgan fingerprint density at radius 2 is 2.19 bits per heavy atom. The first kappa shape index (κ1) is 10.7. The number of carboxylic acid groups (broad SMARTS) is 1. The summed E-state index contributed by atoms with van der Waals surface area (Å²) in [6.07, 6.45) is 0.356. The van der Waals surface area contributed by atoms with E-state index in [0.717, 1.165) is 5.56 Å². The molecule has 0 saturated carbocycles. The first-order valence-electron chi connectivity index (χ1n) is 5.20. The number of ether oxygens (including phenoxy) is 1. The summed E-state index contributed by atoms with van der Waals surface area (Å²) in [4.78, 5) is 14.7. The second kappa shape index (κ2) is 4.79. The highest BCUT2D eigenvalue weighted by molar-refractivity contribution is 5.80. The maximum absolute atomic E-state index is 10.5. The molecule has 1 atom stereocenters. The van der Waals surface area contributed by atoms with E-state index in [1.165, 1.54) is 0 Å². The topological polar surface area (TPSA) is 58.9 Å². The number of hydrogen-bond acceptors (Lipinski definition) is 3. The lowest BCUT2D eigenvalue weighted by Crippen LogP contribution is -2.18. The SMILES string of the molecule is O=C(O)CC1CN=C(Cc2ccccc2)O1. The van der Waals surface area contributed by atoms with Gasteiger partial charge in [0.1, 0.15) is 6.10 Å². The summed E-state index contributed by atoms with van der Waals surface area (Å²) in [7, 11) is 0. The minimum absolute atomic E-state index is 0.0157. The van der Waals surface area contributed by atoms with Crippen molar-refractivity contribution in [2.24, 2.45) is 4.99 Å². The van der Waals surface area contributed by atoms with Gasteiger partial charge in [0.2, 0.25) is 0 Å². The molecular weight excluding hydrogens is 206 g/mol. The summed E-state index contributed by atoms with van der Waals surface area (Å²) in [5.74, 6) is -0.210. The van der Waals surface area contributed by atoms with Gasteiger partial charge in [0, 0.05) is 6.42 Å². The molecule has 0 bridgehead atoms. The van der Waals surface area contributed by atoms with Crippen LogP contribution in [0.25, 0.3) is 0 Å². The molecule has 0 spiro atoms. The lowest BCUT2D eigenvalue weighted by molar-refractivity contribution is -0.138. The summed E-state index contributed by atoms with van der Waals surface area (Å²) in [6.45, 7) is 0.453. The number of hydrogen-bond donors (Lipinski definition) is 1. The lowest BCUT2D eigenvalue weighted by Gasteiger charge is -2.08. The molecule has 0 radical (unpaired) electrons. The Labute approximate surface area is 93.6 Å². The van der Waals surface area contributed by atoms with Gasteiger partial charge in [0.25, 0.3) is 0 Å². The Morgan fingerprint density at radius 1 is 1.44 bits per heavy atom.